The number of carbonyl (C=O) groups excluding carboxylic acids is 2. The summed E-state index contributed by atoms with van der Waals surface area (Å²) in [6, 6.07) is 17.2. The molecule has 1 heterocycles. The molecule has 6 heteroatoms. The van der Waals surface area contributed by atoms with Crippen LogP contribution in [-0.4, -0.2) is 54.3 Å². The molecule has 1 N–H and O–H groups in total. The number of benzene rings is 2. The zero-order valence-electron chi connectivity index (χ0n) is 15.0. The van der Waals surface area contributed by atoms with Crippen LogP contribution in [0.1, 0.15) is 5.56 Å². The summed E-state index contributed by atoms with van der Waals surface area (Å²) in [6.45, 7) is 2.98. The lowest BCUT2D eigenvalue weighted by Gasteiger charge is -2.33. The number of nitrogens with zero attached hydrogens (tertiary/aromatic N) is 2. The number of anilines is 1. The van der Waals surface area contributed by atoms with Crippen LogP contribution in [0, 0.1) is 0 Å². The van der Waals surface area contributed by atoms with E-state index in [0.717, 1.165) is 15.7 Å². The third-order valence-corrected chi connectivity index (χ3v) is 4.93. The van der Waals surface area contributed by atoms with Crippen LogP contribution in [0.25, 0.3) is 6.08 Å². The van der Waals surface area contributed by atoms with Crippen molar-refractivity contribution in [2.24, 2.45) is 0 Å². The van der Waals surface area contributed by atoms with Gasteiger partial charge in [0.05, 0.1) is 6.54 Å². The lowest BCUT2D eigenvalue weighted by molar-refractivity contribution is -0.127. The van der Waals surface area contributed by atoms with Crippen LogP contribution in [-0.2, 0) is 9.59 Å². The molecule has 5 nitrogen and oxygen atoms in total. The molecule has 0 bridgehead atoms. The molecule has 1 aliphatic rings. The van der Waals surface area contributed by atoms with Gasteiger partial charge in [-0.2, -0.15) is 0 Å². The van der Waals surface area contributed by atoms with E-state index in [9.17, 15) is 9.59 Å². The Labute approximate surface area is 167 Å². The molecule has 2 aromatic rings. The highest BCUT2D eigenvalue weighted by molar-refractivity contribution is 9.10. The van der Waals surface area contributed by atoms with E-state index in [4.69, 9.17) is 0 Å². The number of para-hydroxylation sites is 1. The first kappa shape index (κ1) is 19.3. The lowest BCUT2D eigenvalue weighted by atomic mass is 10.2. The average Bonchev–Trinajstić information content (AvgIpc) is 2.68. The molecule has 0 unspecified atom stereocenters. The van der Waals surface area contributed by atoms with Crippen LogP contribution in [0.4, 0.5) is 5.69 Å². The van der Waals surface area contributed by atoms with Crippen molar-refractivity contribution >= 4 is 39.5 Å². The number of hydrogen-bond donors (Lipinski definition) is 1. The Balaban J connectivity index is 1.43. The molecule has 2 aromatic carbocycles. The van der Waals surface area contributed by atoms with Crippen LogP contribution < -0.4 is 5.32 Å². The fourth-order valence-electron chi connectivity index (χ4n) is 2.90. The second kappa shape index (κ2) is 9.48. The summed E-state index contributed by atoms with van der Waals surface area (Å²) in [5.41, 5.74) is 1.79. The summed E-state index contributed by atoms with van der Waals surface area (Å²) in [5, 5.41) is 2.89. The monoisotopic (exact) mass is 427 g/mol. The van der Waals surface area contributed by atoms with Crippen LogP contribution in [0.2, 0.25) is 0 Å². The average molecular weight is 428 g/mol. The minimum Gasteiger partial charge on any atom is -0.337 e. The van der Waals surface area contributed by atoms with Gasteiger partial charge in [0, 0.05) is 42.4 Å². The maximum atomic E-state index is 12.3. The second-order valence-electron chi connectivity index (χ2n) is 6.40. The van der Waals surface area contributed by atoms with Crippen LogP contribution in [0.15, 0.2) is 65.1 Å². The minimum absolute atomic E-state index is 0.00584. The number of amides is 2. The largest absolute Gasteiger partial charge is 0.337 e. The first-order chi connectivity index (χ1) is 13.1. The van der Waals surface area contributed by atoms with Gasteiger partial charge < -0.3 is 10.2 Å². The molecule has 0 saturated carbocycles. The Morgan fingerprint density at radius 3 is 2.30 bits per heavy atom. The van der Waals surface area contributed by atoms with Gasteiger partial charge in [-0.05, 0) is 35.9 Å². The predicted octanol–water partition coefficient (Wildman–Crippen LogP) is 3.25. The van der Waals surface area contributed by atoms with Gasteiger partial charge in [-0.3, -0.25) is 14.5 Å². The second-order valence-corrected chi connectivity index (χ2v) is 7.32. The van der Waals surface area contributed by atoms with Crippen molar-refractivity contribution in [1.82, 2.24) is 9.80 Å². The van der Waals surface area contributed by atoms with E-state index in [1.165, 1.54) is 0 Å². The summed E-state index contributed by atoms with van der Waals surface area (Å²) >= 11 is 3.40. The number of piperazine rings is 1. The van der Waals surface area contributed by atoms with Gasteiger partial charge in [0.1, 0.15) is 0 Å². The van der Waals surface area contributed by atoms with Gasteiger partial charge >= 0.3 is 0 Å². The standard InChI is InChI=1S/C21H22BrN3O2/c22-18-9-6-17(7-10-18)8-11-21(27)25-14-12-24(13-15-25)16-20(26)23-19-4-2-1-3-5-19/h1-11H,12-16H2,(H,23,26)/b11-8+. The van der Waals surface area contributed by atoms with Crippen molar-refractivity contribution < 1.29 is 9.59 Å². The van der Waals surface area contributed by atoms with Gasteiger partial charge in [-0.25, -0.2) is 0 Å². The highest BCUT2D eigenvalue weighted by atomic mass is 79.9. The minimum atomic E-state index is -0.0314. The third kappa shape index (κ3) is 6.05. The van der Waals surface area contributed by atoms with Gasteiger partial charge in [0.2, 0.25) is 11.8 Å². The van der Waals surface area contributed by atoms with Gasteiger partial charge in [0.15, 0.2) is 0 Å². The summed E-state index contributed by atoms with van der Waals surface area (Å²) < 4.78 is 1.01. The van der Waals surface area contributed by atoms with Crippen molar-refractivity contribution in [3.05, 3.63) is 70.7 Å². The van der Waals surface area contributed by atoms with Crippen molar-refractivity contribution in [2.75, 3.05) is 38.0 Å². The molecule has 1 saturated heterocycles. The maximum absolute atomic E-state index is 12.3. The Hall–Kier alpha value is -2.44. The van der Waals surface area contributed by atoms with Crippen molar-refractivity contribution in [3.63, 3.8) is 0 Å². The van der Waals surface area contributed by atoms with Crippen molar-refractivity contribution in [1.29, 1.82) is 0 Å². The quantitative estimate of drug-likeness (QED) is 0.745. The molecule has 0 aliphatic carbocycles. The Kier molecular flexibility index (Phi) is 6.79. The van der Waals surface area contributed by atoms with Crippen molar-refractivity contribution in [2.45, 2.75) is 0 Å². The smallest absolute Gasteiger partial charge is 0.246 e. The fraction of sp³-hybridized carbons (Fsp3) is 0.238. The Morgan fingerprint density at radius 1 is 0.963 bits per heavy atom. The molecule has 0 spiro atoms. The Morgan fingerprint density at radius 2 is 1.63 bits per heavy atom. The van der Waals surface area contributed by atoms with E-state index in [-0.39, 0.29) is 11.8 Å². The zero-order chi connectivity index (χ0) is 19.1. The fourth-order valence-corrected chi connectivity index (χ4v) is 3.16. The maximum Gasteiger partial charge on any atom is 0.246 e. The number of halogens is 1. The van der Waals surface area contributed by atoms with E-state index >= 15 is 0 Å². The first-order valence-corrected chi connectivity index (χ1v) is 9.69. The number of hydrogen-bond acceptors (Lipinski definition) is 3. The van der Waals surface area contributed by atoms with E-state index < -0.39 is 0 Å². The molecular weight excluding hydrogens is 406 g/mol. The third-order valence-electron chi connectivity index (χ3n) is 4.40. The van der Waals surface area contributed by atoms with E-state index in [1.807, 2.05) is 65.6 Å². The number of carbonyl (C=O) groups is 2. The molecule has 1 aliphatic heterocycles. The number of rotatable bonds is 5. The van der Waals surface area contributed by atoms with Crippen LogP contribution >= 0.6 is 15.9 Å². The molecule has 27 heavy (non-hydrogen) atoms. The molecule has 0 atom stereocenters. The normalized spacial score (nSPS) is 15.1. The van der Waals surface area contributed by atoms with E-state index in [0.29, 0.717) is 32.7 Å². The van der Waals surface area contributed by atoms with Crippen LogP contribution in [0.5, 0.6) is 0 Å². The highest BCUT2D eigenvalue weighted by Gasteiger charge is 2.21. The molecule has 3 rings (SSSR count). The first-order valence-electron chi connectivity index (χ1n) is 8.90. The summed E-state index contributed by atoms with van der Waals surface area (Å²) in [6.07, 6.45) is 3.44. The topological polar surface area (TPSA) is 52.7 Å². The molecule has 1 fully saturated rings. The molecule has 2 amide bonds. The number of nitrogens with one attached hydrogen (secondary N) is 1. The molecule has 0 aromatic heterocycles. The summed E-state index contributed by atoms with van der Waals surface area (Å²) in [5.74, 6) is -0.0255. The van der Waals surface area contributed by atoms with Crippen molar-refractivity contribution in [3.8, 4) is 0 Å². The molecular formula is C21H22BrN3O2. The van der Waals surface area contributed by atoms with Gasteiger partial charge in [-0.15, -0.1) is 0 Å². The highest BCUT2D eigenvalue weighted by Crippen LogP contribution is 2.12. The van der Waals surface area contributed by atoms with E-state index in [2.05, 4.69) is 26.1 Å². The molecule has 140 valence electrons. The van der Waals surface area contributed by atoms with E-state index in [1.54, 1.807) is 6.08 Å². The molecule has 0 radical (unpaired) electrons. The van der Waals surface area contributed by atoms with Crippen LogP contribution in [0.3, 0.4) is 0 Å². The Bertz CT molecular complexity index is 798. The summed E-state index contributed by atoms with van der Waals surface area (Å²) in [4.78, 5) is 28.4. The lowest BCUT2D eigenvalue weighted by Crippen LogP contribution is -2.50. The van der Waals surface area contributed by atoms with Gasteiger partial charge in [-0.1, -0.05) is 46.3 Å². The SMILES string of the molecule is O=C(CN1CCN(C(=O)/C=C/c2ccc(Br)cc2)CC1)Nc1ccccc1. The zero-order valence-corrected chi connectivity index (χ0v) is 16.6. The van der Waals surface area contributed by atoms with Gasteiger partial charge in [0.25, 0.3) is 0 Å². The summed E-state index contributed by atoms with van der Waals surface area (Å²) in [7, 11) is 0. The predicted molar refractivity (Wildman–Crippen MR) is 111 cm³/mol.